The third-order valence-corrected chi connectivity index (χ3v) is 28.1. The molecule has 5 amide bonds. The first-order chi connectivity index (χ1) is 71.2. The number of hydrogen-bond acceptors (Lipinski definition) is 22. The molecule has 10 aromatic carbocycles. The van der Waals surface area contributed by atoms with Gasteiger partial charge >= 0.3 is 6.18 Å². The van der Waals surface area contributed by atoms with E-state index in [-0.39, 0.29) is 63.2 Å². The lowest BCUT2D eigenvalue weighted by Crippen LogP contribution is -2.55. The predicted octanol–water partition coefficient (Wildman–Crippen LogP) is 22.4. The third-order valence-electron chi connectivity index (χ3n) is 25.9. The summed E-state index contributed by atoms with van der Waals surface area (Å²) in [4.78, 5) is 123. The van der Waals surface area contributed by atoms with Gasteiger partial charge in [-0.1, -0.05) is 169 Å². The minimum Gasteiger partial charge on any atom is -0.507 e. The molecular formula is C108H93Cl8F5N20O7. The van der Waals surface area contributed by atoms with Crippen molar-refractivity contribution in [3.63, 3.8) is 0 Å². The zero-order valence-electron chi connectivity index (χ0n) is 79.4. The van der Waals surface area contributed by atoms with E-state index in [1.165, 1.54) is 92.1 Å². The van der Waals surface area contributed by atoms with Crippen LogP contribution in [-0.4, -0.2) is 244 Å². The number of fused-ring (bicyclic) bond motifs is 5. The van der Waals surface area contributed by atoms with Gasteiger partial charge in [-0.25, -0.2) is 58.6 Å². The van der Waals surface area contributed by atoms with E-state index in [9.17, 15) is 56.1 Å². The van der Waals surface area contributed by atoms with Crippen molar-refractivity contribution in [1.82, 2.24) is 74.3 Å². The van der Waals surface area contributed by atoms with Crippen LogP contribution in [0.5, 0.6) is 11.5 Å². The lowest BCUT2D eigenvalue weighted by atomic mass is 9.97. The van der Waals surface area contributed by atoms with Gasteiger partial charge in [0.2, 0.25) is 29.5 Å². The number of carbonyl (C=O) groups excluding carboxylic acids is 5. The van der Waals surface area contributed by atoms with Gasteiger partial charge in [0.1, 0.15) is 83.9 Å². The highest BCUT2D eigenvalue weighted by molar-refractivity contribution is 6.37. The van der Waals surface area contributed by atoms with Crippen molar-refractivity contribution in [3.8, 4) is 67.1 Å². The summed E-state index contributed by atoms with van der Waals surface area (Å²) in [6, 6.07) is 44.4. The van der Waals surface area contributed by atoms with Crippen LogP contribution in [0.4, 0.5) is 51.0 Å². The quantitative estimate of drug-likeness (QED) is 0.0671. The van der Waals surface area contributed by atoms with Gasteiger partial charge in [-0.15, -0.1) is 0 Å². The minimum atomic E-state index is -4.75. The first-order valence-electron chi connectivity index (χ1n) is 46.6. The molecular weight excluding hydrogens is 2070 g/mol. The Morgan fingerprint density at radius 2 is 0.649 bits per heavy atom. The van der Waals surface area contributed by atoms with Crippen LogP contribution in [-0.2, 0) is 30.1 Å². The highest BCUT2D eigenvalue weighted by atomic mass is 35.5. The van der Waals surface area contributed by atoms with Crippen LogP contribution in [0.2, 0.25) is 40.2 Å². The Kier molecular flexibility index (Phi) is 33.9. The molecule has 0 saturated carbocycles. The predicted molar refractivity (Wildman–Crippen MR) is 577 cm³/mol. The zero-order valence-corrected chi connectivity index (χ0v) is 85.5. The maximum Gasteiger partial charge on any atom is 0.417 e. The second-order valence-electron chi connectivity index (χ2n) is 34.5. The van der Waals surface area contributed by atoms with Gasteiger partial charge in [0.15, 0.2) is 0 Å². The summed E-state index contributed by atoms with van der Waals surface area (Å²) < 4.78 is 68.4. The average molecular weight is 2160 g/mol. The number of aromatic hydroxyl groups is 2. The molecule has 0 aliphatic carbocycles. The van der Waals surface area contributed by atoms with E-state index in [1.54, 1.807) is 68.4 Å². The van der Waals surface area contributed by atoms with E-state index in [4.69, 9.17) is 92.8 Å². The summed E-state index contributed by atoms with van der Waals surface area (Å²) in [6.45, 7) is 31.3. The van der Waals surface area contributed by atoms with Crippen molar-refractivity contribution in [2.24, 2.45) is 0 Å². The topological polar surface area (TPSA) is 287 Å². The summed E-state index contributed by atoms with van der Waals surface area (Å²) in [5.74, 6) is 2.09. The summed E-state index contributed by atoms with van der Waals surface area (Å²) >= 11 is 50.7. The molecule has 10 heterocycles. The number of carbonyl (C=O) groups is 5. The second kappa shape index (κ2) is 47.1. The standard InChI is InChI=1S/C23H23ClN4O.C22H17ClF4N4O.C21H17Cl2FN4O.2C21H18Cl2N4O2/c1-3-17-14-27(10-11-28(17)22(29)4-2)23-19-12-20(24)18(13-21(19)25-15-26-23)16-8-6-5-7-9-16;1-2-20(32)30-5-7-31(8-6-30)21-16-10-18(23)15(11-19(16)28-12-29-21)14-4-3-13(24)9-17(14)22(25,26)27;1-2-20(29)27-5-7-28(8-6-27)21-16-10-17(23)14(11-19(16)25-12-26-21)15-9-13(22)3-4-18(15)24;1-2-20(29)26-5-7-27(8-6-26)21-16-10-17(23)14(11-18(16)24-12-25-21)15-9-13(22)3-4-19(15)28;1-2-20(29)26-5-7-27(8-6-26)21-16-10-17(23)15(11-18(16)24-12-25-21)14-4-3-13(22)9-19(14)28/h4-9,12-13,15,17H,2-3,10-11,14H2,1H3;2-4,9-12H,1,5-8H2;2-4,9-12H,1,5-8H2;2*2-4,9-12,28H,1,5-8H2. The molecule has 27 nitrogen and oxygen atoms in total. The number of rotatable bonds is 16. The molecule has 148 heavy (non-hydrogen) atoms. The lowest BCUT2D eigenvalue weighted by Gasteiger charge is -2.41. The number of phenolic OH excluding ortho intramolecular Hbond substituents is 2. The number of halogens is 13. The average Bonchev–Trinajstić information content (AvgIpc) is 0.750. The van der Waals surface area contributed by atoms with Gasteiger partial charge in [0.25, 0.3) is 0 Å². The Balaban J connectivity index is 0.000000132. The number of amides is 5. The molecule has 5 fully saturated rings. The first-order valence-corrected chi connectivity index (χ1v) is 49.7. The van der Waals surface area contributed by atoms with Gasteiger partial charge in [-0.05, 0) is 175 Å². The number of anilines is 5. The minimum absolute atomic E-state index is 0.0143. The monoisotopic (exact) mass is 2160 g/mol. The highest BCUT2D eigenvalue weighted by Gasteiger charge is 2.37. The summed E-state index contributed by atoms with van der Waals surface area (Å²) in [5.41, 5.74) is 7.36. The van der Waals surface area contributed by atoms with Crippen LogP contribution >= 0.6 is 92.8 Å². The number of nitrogens with zero attached hydrogens (tertiary/aromatic N) is 20. The van der Waals surface area contributed by atoms with Crippen molar-refractivity contribution in [2.45, 2.75) is 25.6 Å². The maximum atomic E-state index is 14.3. The number of alkyl halides is 3. The fourth-order valence-corrected chi connectivity index (χ4v) is 20.1. The van der Waals surface area contributed by atoms with Crippen LogP contribution in [0.3, 0.4) is 0 Å². The van der Waals surface area contributed by atoms with Crippen molar-refractivity contribution < 1.29 is 56.1 Å². The number of hydrogen-bond donors (Lipinski definition) is 2. The second-order valence-corrected chi connectivity index (χ2v) is 37.9. The van der Waals surface area contributed by atoms with Gasteiger partial charge in [-0.2, -0.15) is 13.2 Å². The molecule has 40 heteroatoms. The van der Waals surface area contributed by atoms with Crippen LogP contribution in [0.1, 0.15) is 18.9 Å². The summed E-state index contributed by atoms with van der Waals surface area (Å²) in [6.07, 6.45) is 10.2. The molecule has 20 rings (SSSR count). The fraction of sp³-hybridized carbons (Fsp3) is 0.213. The van der Waals surface area contributed by atoms with Crippen molar-refractivity contribution in [1.29, 1.82) is 0 Å². The Labute approximate surface area is 887 Å². The normalized spacial score (nSPS) is 14.9. The zero-order chi connectivity index (χ0) is 105. The number of benzene rings is 10. The van der Waals surface area contributed by atoms with E-state index < -0.39 is 23.4 Å². The molecule has 0 radical (unpaired) electrons. The Morgan fingerprint density at radius 1 is 0.331 bits per heavy atom. The SMILES string of the molecule is C=CC(=O)N1CCN(c2ncnc3cc(-c4cc(Cl)ccc4F)c(Cl)cc23)CC1.C=CC(=O)N1CCN(c2ncnc3cc(-c4cc(Cl)ccc4O)c(Cl)cc23)CC1.C=CC(=O)N1CCN(c2ncnc3cc(-c4ccc(Cl)cc4O)c(Cl)cc23)CC1.C=CC(=O)N1CCN(c2ncnc3cc(-c4ccc(F)cc4C(F)(F)F)c(Cl)cc23)CC1.C=CC(=O)N1CCN(c2ncnc3cc(-c4ccccc4)c(Cl)cc23)CC1CC. The molecule has 0 spiro atoms. The molecule has 1 atom stereocenters. The molecule has 15 aromatic rings. The molecule has 2 N–H and O–H groups in total. The van der Waals surface area contributed by atoms with Crippen LogP contribution in [0, 0.1) is 11.6 Å². The van der Waals surface area contributed by atoms with E-state index >= 15 is 0 Å². The smallest absolute Gasteiger partial charge is 0.417 e. The molecule has 0 bridgehead atoms. The molecule has 5 aromatic heterocycles. The molecule has 5 saturated heterocycles. The Morgan fingerprint density at radius 3 is 1.02 bits per heavy atom. The van der Waals surface area contributed by atoms with Crippen LogP contribution in [0.15, 0.2) is 259 Å². The van der Waals surface area contributed by atoms with Crippen LogP contribution in [0.25, 0.3) is 110 Å². The van der Waals surface area contributed by atoms with E-state index in [2.05, 4.69) is 109 Å². The molecule has 5 aliphatic rings. The summed E-state index contributed by atoms with van der Waals surface area (Å²) in [5, 5.41) is 27.8. The molecule has 5 aliphatic heterocycles. The summed E-state index contributed by atoms with van der Waals surface area (Å²) in [7, 11) is 0. The van der Waals surface area contributed by atoms with Gasteiger partial charge in [0, 0.05) is 242 Å². The molecule has 1 unspecified atom stereocenters. The Bertz CT molecular complexity index is 7490. The van der Waals surface area contributed by atoms with Crippen LogP contribution < -0.4 is 24.5 Å². The first kappa shape index (κ1) is 106. The number of piperazine rings is 5. The van der Waals surface area contributed by atoms with Gasteiger partial charge in [-0.3, -0.25) is 24.0 Å². The fourth-order valence-electron chi connectivity index (χ4n) is 18.3. The van der Waals surface area contributed by atoms with Gasteiger partial charge in [0.05, 0.1) is 33.1 Å². The van der Waals surface area contributed by atoms with Crippen molar-refractivity contribution in [3.05, 3.63) is 316 Å². The van der Waals surface area contributed by atoms with Crippen molar-refractivity contribution in [2.75, 3.05) is 149 Å². The third kappa shape index (κ3) is 23.8. The highest BCUT2D eigenvalue weighted by Crippen LogP contribution is 2.47. The molecule has 758 valence electrons. The van der Waals surface area contributed by atoms with Crippen molar-refractivity contribution >= 4 is 206 Å². The number of aromatic nitrogens is 10. The largest absolute Gasteiger partial charge is 0.507 e. The lowest BCUT2D eigenvalue weighted by molar-refractivity contribution is -0.137. The van der Waals surface area contributed by atoms with E-state index in [0.29, 0.717) is 226 Å². The van der Waals surface area contributed by atoms with Gasteiger partial charge < -0.3 is 59.2 Å². The van der Waals surface area contributed by atoms with E-state index in [0.717, 1.165) is 86.6 Å². The number of phenols is 2. The van der Waals surface area contributed by atoms with E-state index in [1.807, 2.05) is 76.5 Å². The Hall–Kier alpha value is -14.5. The maximum absolute atomic E-state index is 14.3.